The van der Waals surface area contributed by atoms with Gasteiger partial charge in [-0.25, -0.2) is 4.98 Å². The van der Waals surface area contributed by atoms with Gasteiger partial charge >= 0.3 is 5.97 Å². The van der Waals surface area contributed by atoms with Crippen LogP contribution in [-0.2, 0) is 4.79 Å². The molecule has 0 spiro atoms. The molecule has 0 aliphatic carbocycles. The number of carboxylic acids is 1. The molecule has 0 saturated carbocycles. The highest BCUT2D eigenvalue weighted by Crippen LogP contribution is 2.35. The minimum atomic E-state index is -0.771. The normalized spacial score (nSPS) is 23.9. The monoisotopic (exact) mass is 237 g/mol. The van der Waals surface area contributed by atoms with Crippen LogP contribution in [0, 0.1) is 5.41 Å². The Balaban J connectivity index is 2.23. The Morgan fingerprint density at radius 3 is 3.00 bits per heavy atom. The molecule has 17 heavy (non-hydrogen) atoms. The molecule has 6 heteroatoms. The highest BCUT2D eigenvalue weighted by molar-refractivity contribution is 5.76. The van der Waals surface area contributed by atoms with Crippen molar-refractivity contribution in [1.82, 2.24) is 9.97 Å². The van der Waals surface area contributed by atoms with E-state index in [0.29, 0.717) is 31.7 Å². The van der Waals surface area contributed by atoms with Gasteiger partial charge in [-0.15, -0.1) is 0 Å². The first-order valence-corrected chi connectivity index (χ1v) is 5.60. The van der Waals surface area contributed by atoms with Gasteiger partial charge in [-0.2, -0.15) is 0 Å². The molecule has 1 fully saturated rings. The maximum absolute atomic E-state index is 11.3. The van der Waals surface area contributed by atoms with Crippen LogP contribution in [0.25, 0.3) is 0 Å². The number of H-pyrrole nitrogens is 1. The number of hydrogen-bond acceptors (Lipinski definition) is 4. The first-order valence-electron chi connectivity index (χ1n) is 5.60. The third-order valence-corrected chi connectivity index (χ3v) is 3.47. The smallest absolute Gasteiger partial charge is 0.311 e. The van der Waals surface area contributed by atoms with Gasteiger partial charge in [-0.1, -0.05) is 6.92 Å². The number of rotatable bonds is 3. The van der Waals surface area contributed by atoms with Gasteiger partial charge in [-0.3, -0.25) is 9.59 Å². The summed E-state index contributed by atoms with van der Waals surface area (Å²) in [4.78, 5) is 30.8. The van der Waals surface area contributed by atoms with Crippen LogP contribution in [0.3, 0.4) is 0 Å². The van der Waals surface area contributed by atoms with Crippen molar-refractivity contribution < 1.29 is 9.90 Å². The SMILES string of the molecule is CCC1(C(=O)O)CCN(c2cc(=O)[nH]cn2)C1. The summed E-state index contributed by atoms with van der Waals surface area (Å²) in [6.45, 7) is 2.91. The third-order valence-electron chi connectivity index (χ3n) is 3.47. The van der Waals surface area contributed by atoms with Crippen LogP contribution >= 0.6 is 0 Å². The van der Waals surface area contributed by atoms with Crippen molar-refractivity contribution in [2.75, 3.05) is 18.0 Å². The number of carboxylic acid groups (broad SMARTS) is 1. The molecule has 1 aromatic rings. The molecule has 2 N–H and O–H groups in total. The average molecular weight is 237 g/mol. The van der Waals surface area contributed by atoms with Gasteiger partial charge in [0.2, 0.25) is 0 Å². The number of hydrogen-bond donors (Lipinski definition) is 2. The van der Waals surface area contributed by atoms with Crippen molar-refractivity contribution in [2.45, 2.75) is 19.8 Å². The molecule has 1 unspecified atom stereocenters. The van der Waals surface area contributed by atoms with Gasteiger partial charge in [0, 0.05) is 19.2 Å². The summed E-state index contributed by atoms with van der Waals surface area (Å²) in [5.74, 6) is -0.224. The van der Waals surface area contributed by atoms with E-state index >= 15 is 0 Å². The van der Waals surface area contributed by atoms with E-state index in [1.54, 1.807) is 0 Å². The number of nitrogens with zero attached hydrogens (tertiary/aromatic N) is 2. The van der Waals surface area contributed by atoms with E-state index in [1.165, 1.54) is 12.4 Å². The summed E-state index contributed by atoms with van der Waals surface area (Å²) in [6.07, 6.45) is 2.51. The van der Waals surface area contributed by atoms with Gasteiger partial charge in [0.1, 0.15) is 5.82 Å². The van der Waals surface area contributed by atoms with Crippen LogP contribution in [0.2, 0.25) is 0 Å². The minimum absolute atomic E-state index is 0.223. The average Bonchev–Trinajstić information content (AvgIpc) is 2.74. The zero-order valence-corrected chi connectivity index (χ0v) is 9.64. The summed E-state index contributed by atoms with van der Waals surface area (Å²) < 4.78 is 0. The van der Waals surface area contributed by atoms with Crippen molar-refractivity contribution in [3.05, 3.63) is 22.7 Å². The van der Waals surface area contributed by atoms with Gasteiger partial charge in [0.15, 0.2) is 0 Å². The molecular formula is C11H15N3O3. The lowest BCUT2D eigenvalue weighted by atomic mass is 9.84. The molecule has 0 radical (unpaired) electrons. The lowest BCUT2D eigenvalue weighted by Gasteiger charge is -2.23. The summed E-state index contributed by atoms with van der Waals surface area (Å²) in [5.41, 5.74) is -0.927. The number of carbonyl (C=O) groups is 1. The molecule has 92 valence electrons. The van der Waals surface area contributed by atoms with Gasteiger partial charge in [0.25, 0.3) is 5.56 Å². The summed E-state index contributed by atoms with van der Waals surface area (Å²) in [7, 11) is 0. The molecule has 0 amide bonds. The molecule has 0 aromatic carbocycles. The molecule has 1 aliphatic heterocycles. The van der Waals surface area contributed by atoms with E-state index < -0.39 is 11.4 Å². The number of nitrogens with one attached hydrogen (secondary N) is 1. The molecule has 1 aromatic heterocycles. The molecule has 2 rings (SSSR count). The Hall–Kier alpha value is -1.85. The fourth-order valence-electron chi connectivity index (χ4n) is 2.21. The fourth-order valence-corrected chi connectivity index (χ4v) is 2.21. The van der Waals surface area contributed by atoms with Crippen molar-refractivity contribution in [1.29, 1.82) is 0 Å². The standard InChI is InChI=1S/C11H15N3O3/c1-2-11(10(16)17)3-4-14(6-11)8-5-9(15)13-7-12-8/h5,7H,2-4,6H2,1H3,(H,16,17)(H,12,13,15). The van der Waals surface area contributed by atoms with E-state index in [-0.39, 0.29) is 5.56 Å². The Morgan fingerprint density at radius 2 is 2.47 bits per heavy atom. The Labute approximate surface area is 98.3 Å². The predicted octanol–water partition coefficient (Wildman–Crippen LogP) is 0.461. The van der Waals surface area contributed by atoms with Crippen molar-refractivity contribution in [3.63, 3.8) is 0 Å². The lowest BCUT2D eigenvalue weighted by Crippen LogP contribution is -2.34. The second-order valence-electron chi connectivity index (χ2n) is 4.38. The second-order valence-corrected chi connectivity index (χ2v) is 4.38. The zero-order chi connectivity index (χ0) is 12.5. The fraction of sp³-hybridized carbons (Fsp3) is 0.545. The lowest BCUT2D eigenvalue weighted by molar-refractivity contribution is -0.147. The highest BCUT2D eigenvalue weighted by Gasteiger charge is 2.43. The van der Waals surface area contributed by atoms with E-state index in [0.717, 1.165) is 0 Å². The van der Waals surface area contributed by atoms with E-state index in [9.17, 15) is 14.7 Å². The number of aromatic nitrogens is 2. The maximum atomic E-state index is 11.3. The van der Waals surface area contributed by atoms with Gasteiger partial charge < -0.3 is 15.0 Å². The molecular weight excluding hydrogens is 222 g/mol. The molecule has 6 nitrogen and oxygen atoms in total. The van der Waals surface area contributed by atoms with Crippen LogP contribution < -0.4 is 10.5 Å². The van der Waals surface area contributed by atoms with Crippen molar-refractivity contribution in [3.8, 4) is 0 Å². The maximum Gasteiger partial charge on any atom is 0.311 e. The third kappa shape index (κ3) is 2.02. The number of anilines is 1. The summed E-state index contributed by atoms with van der Waals surface area (Å²) >= 11 is 0. The van der Waals surface area contributed by atoms with Gasteiger partial charge in [0.05, 0.1) is 11.7 Å². The van der Waals surface area contributed by atoms with Crippen LogP contribution in [0.1, 0.15) is 19.8 Å². The molecule has 2 heterocycles. The molecule has 1 aliphatic rings. The predicted molar refractivity (Wildman–Crippen MR) is 62.0 cm³/mol. The summed E-state index contributed by atoms with van der Waals surface area (Å²) in [5, 5.41) is 9.27. The Bertz CT molecular complexity index is 485. The molecule has 1 saturated heterocycles. The Kier molecular flexibility index (Phi) is 2.87. The minimum Gasteiger partial charge on any atom is -0.481 e. The zero-order valence-electron chi connectivity index (χ0n) is 9.64. The Morgan fingerprint density at radius 1 is 1.71 bits per heavy atom. The van der Waals surface area contributed by atoms with Crippen molar-refractivity contribution in [2.24, 2.45) is 5.41 Å². The second kappa shape index (κ2) is 4.20. The molecule has 1 atom stereocenters. The van der Waals surface area contributed by atoms with E-state index in [1.807, 2.05) is 11.8 Å². The number of aliphatic carboxylic acids is 1. The number of aromatic amines is 1. The van der Waals surface area contributed by atoms with Crippen LogP contribution in [0.5, 0.6) is 0 Å². The quantitative estimate of drug-likeness (QED) is 0.797. The first kappa shape index (κ1) is 11.6. The van der Waals surface area contributed by atoms with Crippen LogP contribution in [0.4, 0.5) is 5.82 Å². The van der Waals surface area contributed by atoms with Crippen molar-refractivity contribution >= 4 is 11.8 Å². The molecule has 0 bridgehead atoms. The van der Waals surface area contributed by atoms with E-state index in [4.69, 9.17) is 0 Å². The van der Waals surface area contributed by atoms with E-state index in [2.05, 4.69) is 9.97 Å². The van der Waals surface area contributed by atoms with Crippen LogP contribution in [0.15, 0.2) is 17.2 Å². The first-order chi connectivity index (χ1) is 8.07. The van der Waals surface area contributed by atoms with Gasteiger partial charge in [-0.05, 0) is 12.8 Å². The van der Waals surface area contributed by atoms with Crippen LogP contribution in [-0.4, -0.2) is 34.1 Å². The largest absolute Gasteiger partial charge is 0.481 e. The highest BCUT2D eigenvalue weighted by atomic mass is 16.4. The topological polar surface area (TPSA) is 86.3 Å². The summed E-state index contributed by atoms with van der Waals surface area (Å²) in [6, 6.07) is 1.40.